The molecule has 1 aliphatic carbocycles. The van der Waals surface area contributed by atoms with Gasteiger partial charge in [0, 0.05) is 29.7 Å². The van der Waals surface area contributed by atoms with E-state index in [0.717, 1.165) is 29.4 Å². The number of hydrogen-bond donors (Lipinski definition) is 2. The van der Waals surface area contributed by atoms with Crippen LogP contribution in [-0.4, -0.2) is 11.0 Å². The molecule has 0 aliphatic heterocycles. The Labute approximate surface area is 117 Å². The molecule has 4 heteroatoms. The van der Waals surface area contributed by atoms with Gasteiger partial charge < -0.3 is 11.1 Å². The molecule has 0 spiro atoms. The Morgan fingerprint density at radius 2 is 2.16 bits per heavy atom. The maximum Gasteiger partial charge on any atom is 0.126 e. The minimum Gasteiger partial charge on any atom is -0.366 e. The first-order valence-electron chi connectivity index (χ1n) is 6.42. The second kappa shape index (κ2) is 5.19. The van der Waals surface area contributed by atoms with Gasteiger partial charge in [-0.25, -0.2) is 4.98 Å². The smallest absolute Gasteiger partial charge is 0.126 e. The summed E-state index contributed by atoms with van der Waals surface area (Å²) in [5, 5.41) is 4.04. The van der Waals surface area contributed by atoms with Gasteiger partial charge in [0.25, 0.3) is 0 Å². The average Bonchev–Trinajstić information content (AvgIpc) is 3.14. The van der Waals surface area contributed by atoms with Crippen LogP contribution < -0.4 is 11.1 Å². The van der Waals surface area contributed by atoms with Gasteiger partial charge >= 0.3 is 0 Å². The highest BCUT2D eigenvalue weighted by molar-refractivity contribution is 6.30. The van der Waals surface area contributed by atoms with Gasteiger partial charge in [0.05, 0.1) is 0 Å². The van der Waals surface area contributed by atoms with Crippen molar-refractivity contribution in [2.45, 2.75) is 24.9 Å². The molecule has 1 aromatic heterocycles. The van der Waals surface area contributed by atoms with Crippen LogP contribution in [0.5, 0.6) is 0 Å². The second-order valence-corrected chi connectivity index (χ2v) is 5.40. The van der Waals surface area contributed by atoms with Crippen LogP contribution in [-0.2, 0) is 6.54 Å². The van der Waals surface area contributed by atoms with Crippen molar-refractivity contribution < 1.29 is 0 Å². The molecule has 98 valence electrons. The number of rotatable bonds is 4. The summed E-state index contributed by atoms with van der Waals surface area (Å²) < 4.78 is 0. The molecule has 2 unspecified atom stereocenters. The van der Waals surface area contributed by atoms with E-state index in [4.69, 9.17) is 17.3 Å². The Morgan fingerprint density at radius 1 is 1.32 bits per heavy atom. The van der Waals surface area contributed by atoms with Crippen LogP contribution in [0.2, 0.25) is 5.02 Å². The number of benzene rings is 1. The van der Waals surface area contributed by atoms with Crippen LogP contribution >= 0.6 is 11.6 Å². The van der Waals surface area contributed by atoms with E-state index in [9.17, 15) is 0 Å². The number of halogens is 1. The Kier molecular flexibility index (Phi) is 3.40. The van der Waals surface area contributed by atoms with Gasteiger partial charge in [0.15, 0.2) is 0 Å². The molecule has 19 heavy (non-hydrogen) atoms. The summed E-state index contributed by atoms with van der Waals surface area (Å²) in [5.74, 6) is 1.38. The molecule has 0 amide bonds. The highest BCUT2D eigenvalue weighted by Gasteiger charge is 2.34. The maximum absolute atomic E-state index is 5.95. The third kappa shape index (κ3) is 3.06. The molecule has 3 rings (SSSR count). The lowest BCUT2D eigenvalue weighted by atomic mass is 10.2. The Bertz CT molecular complexity index is 568. The number of pyridine rings is 1. The lowest BCUT2D eigenvalue weighted by Crippen LogP contribution is -2.03. The van der Waals surface area contributed by atoms with Gasteiger partial charge in [-0.05, 0) is 35.7 Å². The number of nitrogens with two attached hydrogens (primary N) is 1. The van der Waals surface area contributed by atoms with Crippen molar-refractivity contribution in [1.82, 2.24) is 4.98 Å². The zero-order chi connectivity index (χ0) is 13.2. The summed E-state index contributed by atoms with van der Waals surface area (Å²) in [7, 11) is 0. The van der Waals surface area contributed by atoms with E-state index in [0.29, 0.717) is 12.0 Å². The van der Waals surface area contributed by atoms with Crippen molar-refractivity contribution in [3.63, 3.8) is 0 Å². The van der Waals surface area contributed by atoms with Crippen molar-refractivity contribution >= 4 is 17.4 Å². The summed E-state index contributed by atoms with van der Waals surface area (Å²) >= 11 is 5.95. The molecule has 0 radical (unpaired) electrons. The molecule has 2 aromatic rings. The Hall–Kier alpha value is -1.58. The molecule has 1 aliphatic rings. The number of nitrogens with zero attached hydrogens (tertiary/aromatic N) is 1. The summed E-state index contributed by atoms with van der Waals surface area (Å²) in [6.45, 7) is 0.718. The van der Waals surface area contributed by atoms with E-state index in [1.165, 1.54) is 5.56 Å². The lowest BCUT2D eigenvalue weighted by molar-refractivity contribution is 0.978. The van der Waals surface area contributed by atoms with Crippen LogP contribution in [0.4, 0.5) is 5.82 Å². The largest absolute Gasteiger partial charge is 0.366 e. The predicted octanol–water partition coefficient (Wildman–Crippen LogP) is 3.16. The van der Waals surface area contributed by atoms with E-state index < -0.39 is 0 Å². The maximum atomic E-state index is 5.95. The topological polar surface area (TPSA) is 50.9 Å². The molecular weight excluding hydrogens is 258 g/mol. The van der Waals surface area contributed by atoms with Gasteiger partial charge in [0.1, 0.15) is 5.82 Å². The third-order valence-electron chi connectivity index (χ3n) is 3.42. The minimum absolute atomic E-state index is 0.326. The van der Waals surface area contributed by atoms with Crippen molar-refractivity contribution in [3.8, 4) is 0 Å². The zero-order valence-electron chi connectivity index (χ0n) is 10.5. The SMILES string of the molecule is NC1CC1c1ccc(NCc2cccc(Cl)c2)nc1. The first-order chi connectivity index (χ1) is 9.22. The summed E-state index contributed by atoms with van der Waals surface area (Å²) in [5.41, 5.74) is 8.21. The molecule has 1 aromatic carbocycles. The summed E-state index contributed by atoms with van der Waals surface area (Å²) in [4.78, 5) is 4.41. The first-order valence-corrected chi connectivity index (χ1v) is 6.80. The number of hydrogen-bond acceptors (Lipinski definition) is 3. The number of aromatic nitrogens is 1. The molecule has 2 atom stereocenters. The van der Waals surface area contributed by atoms with E-state index in [1.807, 2.05) is 36.5 Å². The summed E-state index contributed by atoms with van der Waals surface area (Å²) in [6.07, 6.45) is 2.99. The highest BCUT2D eigenvalue weighted by Crippen LogP contribution is 2.38. The van der Waals surface area contributed by atoms with Crippen molar-refractivity contribution in [2.24, 2.45) is 5.73 Å². The van der Waals surface area contributed by atoms with E-state index in [2.05, 4.69) is 16.4 Å². The van der Waals surface area contributed by atoms with Gasteiger partial charge in [0.2, 0.25) is 0 Å². The quantitative estimate of drug-likeness (QED) is 0.900. The molecule has 3 nitrogen and oxygen atoms in total. The fourth-order valence-electron chi connectivity index (χ4n) is 2.17. The molecule has 3 N–H and O–H groups in total. The Morgan fingerprint density at radius 3 is 2.79 bits per heavy atom. The van der Waals surface area contributed by atoms with E-state index in [-0.39, 0.29) is 0 Å². The van der Waals surface area contributed by atoms with Gasteiger partial charge in [-0.2, -0.15) is 0 Å². The normalized spacial score (nSPS) is 21.2. The number of nitrogens with one attached hydrogen (secondary N) is 1. The van der Waals surface area contributed by atoms with Crippen LogP contribution in [0.25, 0.3) is 0 Å². The number of anilines is 1. The van der Waals surface area contributed by atoms with Gasteiger partial charge in [-0.1, -0.05) is 29.8 Å². The fourth-order valence-corrected chi connectivity index (χ4v) is 2.38. The zero-order valence-corrected chi connectivity index (χ0v) is 11.3. The standard InChI is InChI=1S/C15H16ClN3/c16-12-3-1-2-10(6-12)8-18-15-5-4-11(9-19-15)13-7-14(13)17/h1-6,9,13-14H,7-8,17H2,(H,18,19). The highest BCUT2D eigenvalue weighted by atomic mass is 35.5. The molecule has 1 fully saturated rings. The lowest BCUT2D eigenvalue weighted by Gasteiger charge is -2.07. The second-order valence-electron chi connectivity index (χ2n) is 4.97. The van der Waals surface area contributed by atoms with Crippen LogP contribution in [0.15, 0.2) is 42.6 Å². The van der Waals surface area contributed by atoms with Crippen LogP contribution in [0, 0.1) is 0 Å². The molecule has 0 bridgehead atoms. The molecule has 1 saturated carbocycles. The Balaban J connectivity index is 1.61. The van der Waals surface area contributed by atoms with Gasteiger partial charge in [-0.15, -0.1) is 0 Å². The minimum atomic E-state index is 0.326. The molecule has 0 saturated heterocycles. The summed E-state index contributed by atoms with van der Waals surface area (Å²) in [6, 6.07) is 12.2. The van der Waals surface area contributed by atoms with Crippen molar-refractivity contribution in [3.05, 3.63) is 58.7 Å². The molecular formula is C15H16ClN3. The molecule has 1 heterocycles. The van der Waals surface area contributed by atoms with Crippen LogP contribution in [0.1, 0.15) is 23.5 Å². The van der Waals surface area contributed by atoms with Crippen molar-refractivity contribution in [1.29, 1.82) is 0 Å². The monoisotopic (exact) mass is 273 g/mol. The van der Waals surface area contributed by atoms with Crippen molar-refractivity contribution in [2.75, 3.05) is 5.32 Å². The van der Waals surface area contributed by atoms with E-state index >= 15 is 0 Å². The fraction of sp³-hybridized carbons (Fsp3) is 0.267. The van der Waals surface area contributed by atoms with Gasteiger partial charge in [-0.3, -0.25) is 0 Å². The van der Waals surface area contributed by atoms with E-state index in [1.54, 1.807) is 0 Å². The third-order valence-corrected chi connectivity index (χ3v) is 3.65. The van der Waals surface area contributed by atoms with Crippen LogP contribution in [0.3, 0.4) is 0 Å². The average molecular weight is 274 g/mol. The first kappa shape index (κ1) is 12.5. The predicted molar refractivity (Wildman–Crippen MR) is 78.3 cm³/mol.